The van der Waals surface area contributed by atoms with E-state index in [2.05, 4.69) is 5.10 Å². The van der Waals surface area contributed by atoms with Crippen molar-refractivity contribution in [3.63, 3.8) is 0 Å². The summed E-state index contributed by atoms with van der Waals surface area (Å²) in [6, 6.07) is 0. The topological polar surface area (TPSA) is 104 Å². The van der Waals surface area contributed by atoms with Crippen LogP contribution < -0.4 is 5.73 Å². The second-order valence-corrected chi connectivity index (χ2v) is 3.70. The lowest BCUT2D eigenvalue weighted by Gasteiger charge is -1.98. The Morgan fingerprint density at radius 1 is 1.80 bits per heavy atom. The van der Waals surface area contributed by atoms with E-state index in [1.54, 1.807) is 0 Å². The molecule has 0 saturated carbocycles. The highest BCUT2D eigenvalue weighted by molar-refractivity contribution is 7.98. The average molecular weight is 230 g/mol. The molecule has 0 aliphatic heterocycles. The molecule has 1 aromatic rings. The summed E-state index contributed by atoms with van der Waals surface area (Å²) >= 11 is 1.53. The Morgan fingerprint density at radius 3 is 2.93 bits per heavy atom. The number of nitrogens with two attached hydrogens (primary N) is 1. The molecule has 8 heteroatoms. The van der Waals surface area contributed by atoms with E-state index in [-0.39, 0.29) is 11.4 Å². The number of amides is 1. The van der Waals surface area contributed by atoms with Gasteiger partial charge in [0, 0.05) is 5.75 Å². The predicted molar refractivity (Wildman–Crippen MR) is 55.8 cm³/mol. The maximum absolute atomic E-state index is 10.9. The van der Waals surface area contributed by atoms with Gasteiger partial charge in [0.15, 0.2) is 5.56 Å². The minimum Gasteiger partial charge on any atom is -0.365 e. The predicted octanol–water partition coefficient (Wildman–Crippen LogP) is 0.253. The quantitative estimate of drug-likeness (QED) is 0.576. The Labute approximate surface area is 89.8 Å². The van der Waals surface area contributed by atoms with Gasteiger partial charge in [-0.15, -0.1) is 4.68 Å². The number of nitro groups is 1. The van der Waals surface area contributed by atoms with Gasteiger partial charge in [0.2, 0.25) is 0 Å². The first kappa shape index (κ1) is 11.5. The van der Waals surface area contributed by atoms with E-state index in [4.69, 9.17) is 5.73 Å². The molecule has 0 spiro atoms. The SMILES string of the molecule is CSCCn1ncc(C(N)=O)c1[N+](=O)[O-]. The molecule has 1 heterocycles. The Hall–Kier alpha value is -1.57. The molecule has 0 radical (unpaired) electrons. The van der Waals surface area contributed by atoms with Crippen LogP contribution in [0.4, 0.5) is 5.82 Å². The van der Waals surface area contributed by atoms with Gasteiger partial charge in [0.25, 0.3) is 5.91 Å². The van der Waals surface area contributed by atoms with Crippen LogP contribution in [-0.4, -0.2) is 32.6 Å². The molecule has 15 heavy (non-hydrogen) atoms. The number of primary amides is 1. The monoisotopic (exact) mass is 230 g/mol. The molecule has 7 nitrogen and oxygen atoms in total. The van der Waals surface area contributed by atoms with Crippen molar-refractivity contribution in [1.29, 1.82) is 0 Å². The summed E-state index contributed by atoms with van der Waals surface area (Å²) in [5, 5.41) is 14.5. The van der Waals surface area contributed by atoms with Crippen molar-refractivity contribution in [3.05, 3.63) is 21.9 Å². The molecule has 0 aliphatic carbocycles. The van der Waals surface area contributed by atoms with E-state index in [1.807, 2.05) is 6.26 Å². The van der Waals surface area contributed by atoms with E-state index < -0.39 is 10.8 Å². The Morgan fingerprint density at radius 2 is 2.47 bits per heavy atom. The number of carbonyl (C=O) groups excluding carboxylic acids is 1. The third kappa shape index (κ3) is 2.46. The normalized spacial score (nSPS) is 10.2. The lowest BCUT2D eigenvalue weighted by molar-refractivity contribution is -0.392. The van der Waals surface area contributed by atoms with E-state index in [0.717, 1.165) is 6.20 Å². The van der Waals surface area contributed by atoms with Gasteiger partial charge in [-0.05, 0) is 11.2 Å². The lowest BCUT2D eigenvalue weighted by atomic mass is 10.3. The van der Waals surface area contributed by atoms with Gasteiger partial charge in [-0.2, -0.15) is 11.8 Å². The molecule has 0 fully saturated rings. The molecule has 82 valence electrons. The highest BCUT2D eigenvalue weighted by Gasteiger charge is 2.24. The van der Waals surface area contributed by atoms with Gasteiger partial charge in [-0.1, -0.05) is 5.10 Å². The van der Waals surface area contributed by atoms with E-state index in [0.29, 0.717) is 12.3 Å². The molecule has 0 aliphatic rings. The van der Waals surface area contributed by atoms with Crippen molar-refractivity contribution >= 4 is 23.5 Å². The number of thioether (sulfide) groups is 1. The van der Waals surface area contributed by atoms with E-state index >= 15 is 0 Å². The zero-order valence-electron chi connectivity index (χ0n) is 8.04. The van der Waals surface area contributed by atoms with Crippen LogP contribution in [0.15, 0.2) is 6.20 Å². The van der Waals surface area contributed by atoms with Gasteiger partial charge in [-0.3, -0.25) is 4.79 Å². The van der Waals surface area contributed by atoms with Crippen LogP contribution >= 0.6 is 11.8 Å². The van der Waals surface area contributed by atoms with Crippen LogP contribution in [0.25, 0.3) is 0 Å². The smallest absolute Gasteiger partial charge is 0.357 e. The van der Waals surface area contributed by atoms with Crippen LogP contribution in [0.2, 0.25) is 0 Å². The van der Waals surface area contributed by atoms with Crippen molar-refractivity contribution in [2.45, 2.75) is 6.54 Å². The van der Waals surface area contributed by atoms with E-state index in [9.17, 15) is 14.9 Å². The van der Waals surface area contributed by atoms with Crippen molar-refractivity contribution in [2.75, 3.05) is 12.0 Å². The first-order chi connectivity index (χ1) is 7.07. The first-order valence-electron chi connectivity index (χ1n) is 4.07. The molecule has 0 atom stereocenters. The molecule has 0 unspecified atom stereocenters. The summed E-state index contributed by atoms with van der Waals surface area (Å²) in [7, 11) is 0. The van der Waals surface area contributed by atoms with Crippen molar-refractivity contribution in [2.24, 2.45) is 5.73 Å². The number of aryl methyl sites for hydroxylation is 1. The maximum atomic E-state index is 10.9. The summed E-state index contributed by atoms with van der Waals surface area (Å²) in [6.07, 6.45) is 3.01. The van der Waals surface area contributed by atoms with Crippen LogP contribution in [0.5, 0.6) is 0 Å². The van der Waals surface area contributed by atoms with Crippen LogP contribution in [0.1, 0.15) is 10.4 Å². The molecular formula is C7H10N4O3S. The minimum absolute atomic E-state index is 0.152. The van der Waals surface area contributed by atoms with Gasteiger partial charge in [-0.25, -0.2) is 0 Å². The molecular weight excluding hydrogens is 220 g/mol. The summed E-state index contributed by atoms with van der Waals surface area (Å²) < 4.78 is 1.18. The number of rotatable bonds is 5. The van der Waals surface area contributed by atoms with Crippen molar-refractivity contribution in [1.82, 2.24) is 9.78 Å². The summed E-state index contributed by atoms with van der Waals surface area (Å²) in [5.41, 5.74) is 4.84. The molecule has 2 N–H and O–H groups in total. The van der Waals surface area contributed by atoms with Crippen LogP contribution in [-0.2, 0) is 6.54 Å². The van der Waals surface area contributed by atoms with Crippen LogP contribution in [0.3, 0.4) is 0 Å². The first-order valence-corrected chi connectivity index (χ1v) is 5.46. The summed E-state index contributed by atoms with van der Waals surface area (Å²) in [5.74, 6) is -0.491. The fourth-order valence-corrected chi connectivity index (χ4v) is 1.44. The van der Waals surface area contributed by atoms with Crippen LogP contribution in [0, 0.1) is 10.1 Å². The van der Waals surface area contributed by atoms with Gasteiger partial charge >= 0.3 is 5.82 Å². The van der Waals surface area contributed by atoms with Crippen molar-refractivity contribution in [3.8, 4) is 0 Å². The molecule has 0 bridgehead atoms. The van der Waals surface area contributed by atoms with Gasteiger partial charge < -0.3 is 15.8 Å². The van der Waals surface area contributed by atoms with Crippen molar-refractivity contribution < 1.29 is 9.72 Å². The minimum atomic E-state index is -0.836. The average Bonchev–Trinajstić information content (AvgIpc) is 2.58. The maximum Gasteiger partial charge on any atom is 0.357 e. The second-order valence-electron chi connectivity index (χ2n) is 2.72. The highest BCUT2D eigenvalue weighted by atomic mass is 32.2. The fourth-order valence-electron chi connectivity index (χ4n) is 1.09. The Kier molecular flexibility index (Phi) is 3.67. The largest absolute Gasteiger partial charge is 0.365 e. The molecule has 1 amide bonds. The fraction of sp³-hybridized carbons (Fsp3) is 0.429. The summed E-state index contributed by atoms with van der Waals surface area (Å²) in [4.78, 5) is 20.9. The number of hydrogen-bond donors (Lipinski definition) is 1. The van der Waals surface area contributed by atoms with E-state index in [1.165, 1.54) is 16.4 Å². The third-order valence-corrected chi connectivity index (χ3v) is 2.35. The standard InChI is InChI=1S/C7H10N4O3S/c1-15-3-2-10-7(11(13)14)5(4-9-10)6(8)12/h4H,2-3H2,1H3,(H2,8,12). The number of nitrogens with zero attached hydrogens (tertiary/aromatic N) is 3. The molecule has 1 rings (SSSR count). The molecule has 0 saturated heterocycles. The highest BCUT2D eigenvalue weighted by Crippen LogP contribution is 2.17. The summed E-state index contributed by atoms with van der Waals surface area (Å²) in [6.45, 7) is 0.380. The zero-order chi connectivity index (χ0) is 11.4. The number of carbonyl (C=O) groups is 1. The zero-order valence-corrected chi connectivity index (χ0v) is 8.86. The molecule has 1 aromatic heterocycles. The number of hydrogen-bond acceptors (Lipinski definition) is 5. The molecule has 0 aromatic carbocycles. The van der Waals surface area contributed by atoms with Gasteiger partial charge in [0.1, 0.15) is 6.54 Å². The third-order valence-electron chi connectivity index (χ3n) is 1.76. The number of aromatic nitrogens is 2. The van der Waals surface area contributed by atoms with Gasteiger partial charge in [0.05, 0.1) is 6.20 Å². The Balaban J connectivity index is 3.06. The Bertz CT molecular complexity index is 390. The lowest BCUT2D eigenvalue weighted by Crippen LogP contribution is -2.14. The second kappa shape index (κ2) is 4.78.